The molecule has 0 aliphatic heterocycles. The maximum atomic E-state index is 13.5. The highest BCUT2D eigenvalue weighted by molar-refractivity contribution is 5.84. The molecule has 2 N–H and O–H groups in total. The van der Waals surface area contributed by atoms with Gasteiger partial charge in [-0.15, -0.1) is 0 Å². The van der Waals surface area contributed by atoms with Gasteiger partial charge in [-0.05, 0) is 30.9 Å². The fraction of sp³-hybridized carbons (Fsp3) is 0.529. The number of halogens is 1. The number of hydrogen-bond donors (Lipinski definition) is 2. The van der Waals surface area contributed by atoms with E-state index in [1.807, 2.05) is 6.92 Å². The number of carbonyl (C=O) groups is 2. The summed E-state index contributed by atoms with van der Waals surface area (Å²) in [7, 11) is 0. The minimum absolute atomic E-state index is 0.276. The van der Waals surface area contributed by atoms with Crippen molar-refractivity contribution in [1.29, 1.82) is 0 Å². The quantitative estimate of drug-likeness (QED) is 0.736. The average Bonchev–Trinajstić information content (AvgIpc) is 2.49. The molecule has 0 aromatic heterocycles. The summed E-state index contributed by atoms with van der Waals surface area (Å²) in [5.41, 5.74) is 0.572. The molecule has 0 radical (unpaired) electrons. The summed E-state index contributed by atoms with van der Waals surface area (Å²) in [6, 6.07) is 5.63. The van der Waals surface area contributed by atoms with Gasteiger partial charge in [-0.3, -0.25) is 4.79 Å². The van der Waals surface area contributed by atoms with Crippen LogP contribution in [0.4, 0.5) is 4.39 Å². The van der Waals surface area contributed by atoms with Gasteiger partial charge in [0.05, 0.1) is 0 Å². The number of aliphatic carboxylic acids is 1. The highest BCUT2D eigenvalue weighted by Crippen LogP contribution is 2.13. The van der Waals surface area contributed by atoms with Gasteiger partial charge in [0.25, 0.3) is 0 Å². The van der Waals surface area contributed by atoms with Crippen LogP contribution in [0.3, 0.4) is 0 Å². The van der Waals surface area contributed by atoms with Gasteiger partial charge in [0.15, 0.2) is 0 Å². The zero-order valence-corrected chi connectivity index (χ0v) is 13.1. The largest absolute Gasteiger partial charge is 0.480 e. The lowest BCUT2D eigenvalue weighted by Crippen LogP contribution is -2.43. The van der Waals surface area contributed by atoms with Crippen LogP contribution in [0.1, 0.15) is 45.1 Å². The first-order valence-corrected chi connectivity index (χ1v) is 7.72. The Morgan fingerprint density at radius 3 is 2.55 bits per heavy atom. The number of carboxylic acids is 1. The van der Waals surface area contributed by atoms with Gasteiger partial charge in [0.1, 0.15) is 11.9 Å². The molecule has 1 rings (SSSR count). The maximum absolute atomic E-state index is 13.5. The van der Waals surface area contributed by atoms with Gasteiger partial charge in [0, 0.05) is 5.92 Å². The summed E-state index contributed by atoms with van der Waals surface area (Å²) >= 11 is 0. The van der Waals surface area contributed by atoms with E-state index in [1.165, 1.54) is 6.07 Å². The zero-order chi connectivity index (χ0) is 16.5. The summed E-state index contributed by atoms with van der Waals surface area (Å²) in [5, 5.41) is 11.7. The number of amides is 1. The van der Waals surface area contributed by atoms with Crippen molar-refractivity contribution in [3.8, 4) is 0 Å². The number of aryl methyl sites for hydroxylation is 1. The number of carboxylic acid groups (broad SMARTS) is 1. The molecule has 0 saturated heterocycles. The number of benzene rings is 1. The first-order chi connectivity index (χ1) is 10.5. The van der Waals surface area contributed by atoms with E-state index in [2.05, 4.69) is 5.32 Å². The molecule has 5 heteroatoms. The molecular weight excluding hydrogens is 285 g/mol. The van der Waals surface area contributed by atoms with Gasteiger partial charge in [0.2, 0.25) is 5.91 Å². The van der Waals surface area contributed by atoms with Gasteiger partial charge < -0.3 is 10.4 Å². The molecule has 122 valence electrons. The molecule has 22 heavy (non-hydrogen) atoms. The van der Waals surface area contributed by atoms with E-state index in [9.17, 15) is 14.0 Å². The highest BCUT2D eigenvalue weighted by Gasteiger charge is 2.22. The number of unbranched alkanes of at least 4 members (excludes halogenated alkanes) is 1. The lowest BCUT2D eigenvalue weighted by molar-refractivity contribution is -0.142. The summed E-state index contributed by atoms with van der Waals surface area (Å²) < 4.78 is 13.5. The molecule has 1 amide bonds. The highest BCUT2D eigenvalue weighted by atomic mass is 19.1. The SMILES string of the molecule is CCCC[C@H](NC(=O)C(C)CCc1ccccc1F)C(=O)O. The Labute approximate surface area is 130 Å². The number of carbonyl (C=O) groups excluding carboxylic acids is 1. The van der Waals surface area contributed by atoms with Crippen molar-refractivity contribution in [2.24, 2.45) is 5.92 Å². The molecule has 4 nitrogen and oxygen atoms in total. The number of rotatable bonds is 9. The van der Waals surface area contributed by atoms with Crippen molar-refractivity contribution in [2.75, 3.05) is 0 Å². The second-order valence-electron chi connectivity index (χ2n) is 5.57. The van der Waals surface area contributed by atoms with Gasteiger partial charge >= 0.3 is 5.97 Å². The van der Waals surface area contributed by atoms with Crippen LogP contribution in [0, 0.1) is 11.7 Å². The topological polar surface area (TPSA) is 66.4 Å². The van der Waals surface area contributed by atoms with Crippen LogP contribution in [0.5, 0.6) is 0 Å². The molecule has 0 aliphatic rings. The summed E-state index contributed by atoms with van der Waals surface area (Å²) in [4.78, 5) is 23.2. The molecule has 0 heterocycles. The average molecular weight is 309 g/mol. The van der Waals surface area contributed by atoms with Crippen molar-refractivity contribution in [3.05, 3.63) is 35.6 Å². The fourth-order valence-corrected chi connectivity index (χ4v) is 2.18. The molecule has 0 aliphatic carbocycles. The van der Waals surface area contributed by atoms with Crippen LogP contribution in [0.2, 0.25) is 0 Å². The molecule has 0 spiro atoms. The maximum Gasteiger partial charge on any atom is 0.326 e. The van der Waals surface area contributed by atoms with E-state index >= 15 is 0 Å². The zero-order valence-electron chi connectivity index (χ0n) is 13.1. The summed E-state index contributed by atoms with van der Waals surface area (Å²) in [6.07, 6.45) is 2.99. The Morgan fingerprint density at radius 1 is 1.27 bits per heavy atom. The Balaban J connectivity index is 2.50. The smallest absolute Gasteiger partial charge is 0.326 e. The van der Waals surface area contributed by atoms with Crippen LogP contribution >= 0.6 is 0 Å². The van der Waals surface area contributed by atoms with Crippen molar-refractivity contribution < 1.29 is 19.1 Å². The molecule has 1 unspecified atom stereocenters. The Bertz CT molecular complexity index is 504. The Hall–Kier alpha value is -1.91. The monoisotopic (exact) mass is 309 g/mol. The van der Waals surface area contributed by atoms with Crippen LogP contribution in [-0.2, 0) is 16.0 Å². The normalized spacial score (nSPS) is 13.4. The van der Waals surface area contributed by atoms with E-state index < -0.39 is 12.0 Å². The standard InChI is InChI=1S/C17H24FNO3/c1-3-4-9-15(17(21)22)19-16(20)12(2)10-11-13-7-5-6-8-14(13)18/h5-8,12,15H,3-4,9-11H2,1-2H3,(H,19,20)(H,21,22)/t12?,15-/m0/s1. The third kappa shape index (κ3) is 5.84. The minimum atomic E-state index is -1.01. The molecule has 0 fully saturated rings. The van der Waals surface area contributed by atoms with Crippen molar-refractivity contribution in [1.82, 2.24) is 5.32 Å². The van der Waals surface area contributed by atoms with Crippen LogP contribution < -0.4 is 5.32 Å². The predicted molar refractivity (Wildman–Crippen MR) is 83.0 cm³/mol. The summed E-state index contributed by atoms with van der Waals surface area (Å²) in [6.45, 7) is 3.70. The Kier molecular flexibility index (Phi) is 7.57. The fourth-order valence-electron chi connectivity index (χ4n) is 2.18. The lowest BCUT2D eigenvalue weighted by Gasteiger charge is -2.17. The van der Waals surface area contributed by atoms with Gasteiger partial charge in [-0.1, -0.05) is 44.9 Å². The number of nitrogens with one attached hydrogen (secondary N) is 1. The first kappa shape index (κ1) is 18.1. The second kappa shape index (κ2) is 9.18. The molecular formula is C17H24FNO3. The van der Waals surface area contributed by atoms with Crippen LogP contribution in [0.25, 0.3) is 0 Å². The predicted octanol–water partition coefficient (Wildman–Crippen LogP) is 3.15. The van der Waals surface area contributed by atoms with E-state index in [0.717, 1.165) is 12.8 Å². The second-order valence-corrected chi connectivity index (χ2v) is 5.57. The minimum Gasteiger partial charge on any atom is -0.480 e. The van der Waals surface area contributed by atoms with Crippen LogP contribution in [0.15, 0.2) is 24.3 Å². The molecule has 1 aromatic rings. The summed E-state index contributed by atoms with van der Waals surface area (Å²) in [5.74, 6) is -1.94. The van der Waals surface area contributed by atoms with Crippen molar-refractivity contribution >= 4 is 11.9 Å². The van der Waals surface area contributed by atoms with E-state index in [1.54, 1.807) is 25.1 Å². The third-order valence-electron chi connectivity index (χ3n) is 3.71. The lowest BCUT2D eigenvalue weighted by atomic mass is 9.99. The van der Waals surface area contributed by atoms with Crippen molar-refractivity contribution in [3.63, 3.8) is 0 Å². The molecule has 1 aromatic carbocycles. The molecule has 0 bridgehead atoms. The molecule has 0 saturated carbocycles. The van der Waals surface area contributed by atoms with E-state index in [0.29, 0.717) is 24.8 Å². The molecule has 2 atom stereocenters. The first-order valence-electron chi connectivity index (χ1n) is 7.72. The van der Waals surface area contributed by atoms with Crippen LogP contribution in [-0.4, -0.2) is 23.0 Å². The Morgan fingerprint density at radius 2 is 1.95 bits per heavy atom. The number of hydrogen-bond acceptors (Lipinski definition) is 2. The van der Waals surface area contributed by atoms with E-state index in [4.69, 9.17) is 5.11 Å². The van der Waals surface area contributed by atoms with Gasteiger partial charge in [-0.25, -0.2) is 9.18 Å². The van der Waals surface area contributed by atoms with Crippen molar-refractivity contribution in [2.45, 2.75) is 52.0 Å². The van der Waals surface area contributed by atoms with Gasteiger partial charge in [-0.2, -0.15) is 0 Å². The van der Waals surface area contributed by atoms with E-state index in [-0.39, 0.29) is 17.6 Å². The third-order valence-corrected chi connectivity index (χ3v) is 3.71.